The van der Waals surface area contributed by atoms with Gasteiger partial charge < -0.3 is 9.84 Å². The molecule has 0 saturated carbocycles. The van der Waals surface area contributed by atoms with Crippen LogP contribution in [0.4, 0.5) is 0 Å². The molecule has 0 aromatic carbocycles. The molecule has 4 nitrogen and oxygen atoms in total. The second-order valence-corrected chi connectivity index (χ2v) is 5.71. The summed E-state index contributed by atoms with van der Waals surface area (Å²) in [6, 6.07) is 0.397. The summed E-state index contributed by atoms with van der Waals surface area (Å²) in [7, 11) is 1.60. The van der Waals surface area contributed by atoms with Crippen LogP contribution in [0.25, 0.3) is 0 Å². The zero-order valence-electron chi connectivity index (χ0n) is 11.0. The predicted octanol–water partition coefficient (Wildman–Crippen LogP) is 0.683. The number of Topliss-reactive ketones (excluding diaryl/α,β-unsaturated/α-hetero) is 1. The Morgan fingerprint density at radius 1 is 1.59 bits per heavy atom. The highest BCUT2D eigenvalue weighted by Gasteiger charge is 2.56. The van der Waals surface area contributed by atoms with Gasteiger partial charge in [0.25, 0.3) is 0 Å². The van der Waals surface area contributed by atoms with Gasteiger partial charge in [-0.05, 0) is 18.8 Å². The average Bonchev–Trinajstić information content (AvgIpc) is 2.33. The zero-order chi connectivity index (χ0) is 12.6. The molecule has 1 unspecified atom stereocenters. The minimum absolute atomic E-state index is 0.120. The molecule has 3 fully saturated rings. The molecule has 4 heteroatoms. The Morgan fingerprint density at radius 2 is 2.29 bits per heavy atom. The topological polar surface area (TPSA) is 49.8 Å². The van der Waals surface area contributed by atoms with E-state index >= 15 is 0 Å². The minimum atomic E-state index is -0.773. The smallest absolute Gasteiger partial charge is 0.161 e. The molecule has 3 aliphatic rings. The summed E-state index contributed by atoms with van der Waals surface area (Å²) in [4.78, 5) is 14.6. The monoisotopic (exact) mass is 241 g/mol. The summed E-state index contributed by atoms with van der Waals surface area (Å²) >= 11 is 0. The summed E-state index contributed by atoms with van der Waals surface area (Å²) < 4.78 is 5.20. The van der Waals surface area contributed by atoms with Gasteiger partial charge in [-0.1, -0.05) is 13.8 Å². The van der Waals surface area contributed by atoms with Gasteiger partial charge in [0.2, 0.25) is 0 Å². The Kier molecular flexibility index (Phi) is 3.57. The van der Waals surface area contributed by atoms with E-state index in [-0.39, 0.29) is 18.3 Å². The number of aliphatic hydroxyl groups excluding tert-OH is 1. The Balaban J connectivity index is 2.33. The SMILES string of the molecule is COC[C@]1(CO)C(=O)[C@@H]2CCN1[C@H](C(C)C)C2. The lowest BCUT2D eigenvalue weighted by atomic mass is 9.69. The van der Waals surface area contributed by atoms with E-state index in [1.165, 1.54) is 0 Å². The maximum Gasteiger partial charge on any atom is 0.161 e. The summed E-state index contributed by atoms with van der Waals surface area (Å²) in [5, 5.41) is 9.72. The highest BCUT2D eigenvalue weighted by atomic mass is 16.5. The predicted molar refractivity (Wildman–Crippen MR) is 64.8 cm³/mol. The maximum atomic E-state index is 12.4. The van der Waals surface area contributed by atoms with Crippen molar-refractivity contribution < 1.29 is 14.6 Å². The summed E-state index contributed by atoms with van der Waals surface area (Å²) in [5.41, 5.74) is -0.773. The van der Waals surface area contributed by atoms with Crippen LogP contribution < -0.4 is 0 Å². The van der Waals surface area contributed by atoms with E-state index < -0.39 is 5.54 Å². The van der Waals surface area contributed by atoms with E-state index in [0.29, 0.717) is 18.6 Å². The van der Waals surface area contributed by atoms with E-state index in [9.17, 15) is 9.90 Å². The summed E-state index contributed by atoms with van der Waals surface area (Å²) in [6.07, 6.45) is 1.88. The molecule has 0 radical (unpaired) electrons. The molecule has 0 amide bonds. The number of methoxy groups -OCH3 is 1. The van der Waals surface area contributed by atoms with Crippen LogP contribution >= 0.6 is 0 Å². The van der Waals surface area contributed by atoms with E-state index in [1.54, 1.807) is 7.11 Å². The van der Waals surface area contributed by atoms with Gasteiger partial charge in [0.05, 0.1) is 13.2 Å². The number of hydrogen-bond donors (Lipinski definition) is 1. The van der Waals surface area contributed by atoms with Crippen LogP contribution in [0.1, 0.15) is 26.7 Å². The molecule has 0 aromatic rings. The number of carbonyl (C=O) groups is 1. The van der Waals surface area contributed by atoms with Crippen LogP contribution in [-0.2, 0) is 9.53 Å². The zero-order valence-corrected chi connectivity index (χ0v) is 11.0. The fourth-order valence-electron chi connectivity index (χ4n) is 3.53. The summed E-state index contributed by atoms with van der Waals surface area (Å²) in [5.74, 6) is 0.813. The molecule has 4 atom stereocenters. The molecular formula is C13H23NO3. The molecule has 0 spiro atoms. The molecular weight excluding hydrogens is 218 g/mol. The van der Waals surface area contributed by atoms with Crippen molar-refractivity contribution in [1.82, 2.24) is 4.90 Å². The minimum Gasteiger partial charge on any atom is -0.394 e. The molecule has 3 aliphatic heterocycles. The van der Waals surface area contributed by atoms with Gasteiger partial charge in [-0.3, -0.25) is 9.69 Å². The molecule has 98 valence electrons. The number of fused-ring (bicyclic) bond motifs is 3. The summed E-state index contributed by atoms with van der Waals surface area (Å²) in [6.45, 7) is 5.46. The van der Waals surface area contributed by atoms with E-state index in [0.717, 1.165) is 19.4 Å². The number of carbonyl (C=O) groups excluding carboxylic acids is 1. The Hall–Kier alpha value is -0.450. The van der Waals surface area contributed by atoms with E-state index in [1.807, 2.05) is 0 Å². The van der Waals surface area contributed by atoms with Gasteiger partial charge >= 0.3 is 0 Å². The molecule has 1 N–H and O–H groups in total. The highest BCUT2D eigenvalue weighted by molar-refractivity contribution is 5.92. The lowest BCUT2D eigenvalue weighted by Crippen LogP contribution is -2.72. The fraction of sp³-hybridized carbons (Fsp3) is 0.923. The first kappa shape index (κ1) is 13.0. The van der Waals surface area contributed by atoms with Crippen molar-refractivity contribution in [3.63, 3.8) is 0 Å². The third kappa shape index (κ3) is 1.83. The molecule has 0 aliphatic carbocycles. The Labute approximate surface area is 103 Å². The Morgan fingerprint density at radius 3 is 2.82 bits per heavy atom. The van der Waals surface area contributed by atoms with Gasteiger partial charge in [0.1, 0.15) is 5.54 Å². The third-order valence-electron chi connectivity index (χ3n) is 4.44. The highest BCUT2D eigenvalue weighted by Crippen LogP contribution is 2.42. The third-order valence-corrected chi connectivity index (χ3v) is 4.44. The molecule has 2 bridgehead atoms. The molecule has 17 heavy (non-hydrogen) atoms. The van der Waals surface area contributed by atoms with Crippen molar-refractivity contribution in [2.24, 2.45) is 11.8 Å². The molecule has 3 saturated heterocycles. The van der Waals surface area contributed by atoms with Crippen LogP contribution in [0.2, 0.25) is 0 Å². The normalized spacial score (nSPS) is 41.2. The largest absolute Gasteiger partial charge is 0.394 e. The first-order valence-corrected chi connectivity index (χ1v) is 6.47. The number of rotatable bonds is 4. The second kappa shape index (κ2) is 4.67. The van der Waals surface area contributed by atoms with Gasteiger partial charge in [0, 0.05) is 25.6 Å². The molecule has 0 aromatic heterocycles. The number of ketones is 1. The molecule has 3 rings (SSSR count). The number of nitrogens with zero attached hydrogens (tertiary/aromatic N) is 1. The fourth-order valence-corrected chi connectivity index (χ4v) is 3.53. The lowest BCUT2D eigenvalue weighted by molar-refractivity contribution is -0.168. The average molecular weight is 241 g/mol. The van der Waals surface area contributed by atoms with Crippen LogP contribution in [0, 0.1) is 11.8 Å². The van der Waals surface area contributed by atoms with E-state index in [4.69, 9.17) is 4.74 Å². The lowest BCUT2D eigenvalue weighted by Gasteiger charge is -2.57. The number of piperidine rings is 3. The first-order chi connectivity index (χ1) is 8.06. The quantitative estimate of drug-likeness (QED) is 0.786. The first-order valence-electron chi connectivity index (χ1n) is 6.47. The van der Waals surface area contributed by atoms with Gasteiger partial charge in [-0.2, -0.15) is 0 Å². The van der Waals surface area contributed by atoms with Crippen molar-refractivity contribution in [3.8, 4) is 0 Å². The van der Waals surface area contributed by atoms with Crippen LogP contribution in [-0.4, -0.2) is 54.2 Å². The van der Waals surface area contributed by atoms with Crippen LogP contribution in [0.3, 0.4) is 0 Å². The van der Waals surface area contributed by atoms with E-state index in [2.05, 4.69) is 18.7 Å². The number of hydrogen-bond acceptors (Lipinski definition) is 4. The van der Waals surface area contributed by atoms with Crippen LogP contribution in [0.15, 0.2) is 0 Å². The van der Waals surface area contributed by atoms with Crippen molar-refractivity contribution in [2.45, 2.75) is 38.3 Å². The van der Waals surface area contributed by atoms with Gasteiger partial charge in [0.15, 0.2) is 5.78 Å². The van der Waals surface area contributed by atoms with Crippen LogP contribution in [0.5, 0.6) is 0 Å². The molecule has 3 heterocycles. The van der Waals surface area contributed by atoms with Crippen molar-refractivity contribution in [2.75, 3.05) is 26.9 Å². The van der Waals surface area contributed by atoms with Crippen molar-refractivity contribution in [1.29, 1.82) is 0 Å². The number of ether oxygens (including phenoxy) is 1. The standard InChI is InChI=1S/C13H23NO3/c1-9(2)11-6-10-4-5-14(11)13(7-15,8-17-3)12(10)16/h9-11,15H,4-8H2,1-3H3/t10-,11+,13-/m1/s1. The number of aliphatic hydroxyl groups is 1. The maximum absolute atomic E-state index is 12.4. The van der Waals surface area contributed by atoms with Gasteiger partial charge in [-0.25, -0.2) is 0 Å². The van der Waals surface area contributed by atoms with Crippen molar-refractivity contribution >= 4 is 5.78 Å². The van der Waals surface area contributed by atoms with Gasteiger partial charge in [-0.15, -0.1) is 0 Å². The second-order valence-electron chi connectivity index (χ2n) is 5.71. The Bertz CT molecular complexity index is 305. The van der Waals surface area contributed by atoms with Crippen molar-refractivity contribution in [3.05, 3.63) is 0 Å².